The fourth-order valence-corrected chi connectivity index (χ4v) is 1.51. The molecular weight excluding hydrogens is 258 g/mol. The third-order valence-corrected chi connectivity index (χ3v) is 2.48. The van der Waals surface area contributed by atoms with E-state index in [1.807, 2.05) is 0 Å². The number of nitrogens with one attached hydrogen (secondary N) is 1. The van der Waals surface area contributed by atoms with E-state index in [4.69, 9.17) is 0 Å². The first-order chi connectivity index (χ1) is 6.59. The maximum absolute atomic E-state index is 13.1. The van der Waals surface area contributed by atoms with Gasteiger partial charge in [0.15, 0.2) is 5.82 Å². The summed E-state index contributed by atoms with van der Waals surface area (Å²) in [5.41, 5.74) is -0.559. The van der Waals surface area contributed by atoms with Gasteiger partial charge in [0.25, 0.3) is 5.56 Å². The number of aromatic nitrogens is 2. The molecule has 72 valence electrons. The molecule has 6 heteroatoms. The number of benzene rings is 1. The average Bonchev–Trinajstić information content (AvgIpc) is 2.14. The van der Waals surface area contributed by atoms with Crippen LogP contribution in [0.4, 0.5) is 8.78 Å². The maximum Gasteiger partial charge on any atom is 0.266 e. The van der Waals surface area contributed by atoms with E-state index in [2.05, 4.69) is 25.9 Å². The van der Waals surface area contributed by atoms with Crippen LogP contribution in [0.15, 0.2) is 21.5 Å². The maximum atomic E-state index is 13.1. The van der Waals surface area contributed by atoms with Gasteiger partial charge in [-0.25, -0.2) is 13.8 Å². The van der Waals surface area contributed by atoms with Gasteiger partial charge in [-0.15, -0.1) is 0 Å². The zero-order valence-electron chi connectivity index (χ0n) is 6.64. The van der Waals surface area contributed by atoms with Gasteiger partial charge >= 0.3 is 0 Å². The lowest BCUT2D eigenvalue weighted by Gasteiger charge is -2.01. The van der Waals surface area contributed by atoms with Crippen molar-refractivity contribution < 1.29 is 8.78 Å². The van der Waals surface area contributed by atoms with E-state index in [1.54, 1.807) is 0 Å². The predicted octanol–water partition coefficient (Wildman–Crippen LogP) is 1.96. The van der Waals surface area contributed by atoms with Gasteiger partial charge < -0.3 is 4.98 Å². The van der Waals surface area contributed by atoms with Crippen LogP contribution in [0.1, 0.15) is 0 Å². The second-order valence-corrected chi connectivity index (χ2v) is 3.42. The number of hydrogen-bond donors (Lipinski definition) is 1. The second kappa shape index (κ2) is 3.13. The zero-order chi connectivity index (χ0) is 10.3. The molecule has 0 saturated heterocycles. The quantitative estimate of drug-likeness (QED) is 0.737. The fraction of sp³-hybridized carbons (Fsp3) is 0. The topological polar surface area (TPSA) is 45.8 Å². The minimum atomic E-state index is -0.808. The third kappa shape index (κ3) is 1.31. The van der Waals surface area contributed by atoms with E-state index in [-0.39, 0.29) is 15.5 Å². The SMILES string of the molecule is O=c1cnc2c(F)cc(F)c(Br)c2[nH]1. The summed E-state index contributed by atoms with van der Waals surface area (Å²) in [6.07, 6.45) is 0.940. The molecule has 1 aromatic carbocycles. The van der Waals surface area contributed by atoms with E-state index >= 15 is 0 Å². The Morgan fingerprint density at radius 2 is 2.07 bits per heavy atom. The van der Waals surface area contributed by atoms with Crippen LogP contribution in [-0.4, -0.2) is 9.97 Å². The highest BCUT2D eigenvalue weighted by atomic mass is 79.9. The first-order valence-electron chi connectivity index (χ1n) is 3.62. The Kier molecular flexibility index (Phi) is 2.07. The van der Waals surface area contributed by atoms with Gasteiger partial charge in [-0.3, -0.25) is 4.79 Å². The Hall–Kier alpha value is -1.30. The Balaban J connectivity index is 3.02. The first kappa shape index (κ1) is 9.26. The van der Waals surface area contributed by atoms with Crippen molar-refractivity contribution in [2.75, 3.05) is 0 Å². The number of nitrogens with zero attached hydrogens (tertiary/aromatic N) is 1. The van der Waals surface area contributed by atoms with Crippen LogP contribution in [0, 0.1) is 11.6 Å². The molecule has 0 unspecified atom stereocenters. The Bertz CT molecular complexity index is 567. The summed E-state index contributed by atoms with van der Waals surface area (Å²) in [6, 6.07) is 0.706. The highest BCUT2D eigenvalue weighted by Gasteiger charge is 2.11. The highest BCUT2D eigenvalue weighted by Crippen LogP contribution is 2.24. The fourth-order valence-electron chi connectivity index (χ4n) is 1.10. The van der Waals surface area contributed by atoms with Crippen molar-refractivity contribution in [3.05, 3.63) is 38.7 Å². The summed E-state index contributed by atoms with van der Waals surface area (Å²) in [5, 5.41) is 0. The Morgan fingerprint density at radius 3 is 2.79 bits per heavy atom. The largest absolute Gasteiger partial charge is 0.318 e. The summed E-state index contributed by atoms with van der Waals surface area (Å²) < 4.78 is 26.1. The minimum absolute atomic E-state index is 0.000833. The van der Waals surface area contributed by atoms with E-state index in [9.17, 15) is 13.6 Å². The smallest absolute Gasteiger partial charge is 0.266 e. The normalized spacial score (nSPS) is 10.8. The lowest BCUT2D eigenvalue weighted by molar-refractivity contribution is 0.585. The number of fused-ring (bicyclic) bond motifs is 1. The van der Waals surface area contributed by atoms with Crippen molar-refractivity contribution in [3.63, 3.8) is 0 Å². The molecule has 0 fully saturated rings. The molecule has 0 aliphatic carbocycles. The Morgan fingerprint density at radius 1 is 1.36 bits per heavy atom. The van der Waals surface area contributed by atoms with Crippen molar-refractivity contribution in [2.45, 2.75) is 0 Å². The molecule has 2 rings (SSSR count). The highest BCUT2D eigenvalue weighted by molar-refractivity contribution is 9.10. The molecule has 3 nitrogen and oxygen atoms in total. The molecule has 0 amide bonds. The monoisotopic (exact) mass is 260 g/mol. The lowest BCUT2D eigenvalue weighted by atomic mass is 10.3. The van der Waals surface area contributed by atoms with Crippen LogP contribution >= 0.6 is 15.9 Å². The number of rotatable bonds is 0. The summed E-state index contributed by atoms with van der Waals surface area (Å²) in [6.45, 7) is 0. The average molecular weight is 261 g/mol. The molecule has 2 aromatic rings. The molecule has 0 radical (unpaired) electrons. The van der Waals surface area contributed by atoms with Crippen LogP contribution in [0.5, 0.6) is 0 Å². The molecule has 0 atom stereocenters. The summed E-state index contributed by atoms with van der Waals surface area (Å²) >= 11 is 2.90. The molecule has 14 heavy (non-hydrogen) atoms. The molecule has 0 aliphatic heterocycles. The van der Waals surface area contributed by atoms with Crippen LogP contribution in [0.3, 0.4) is 0 Å². The van der Waals surface area contributed by atoms with Gasteiger partial charge in [0.1, 0.15) is 11.3 Å². The number of halogens is 3. The van der Waals surface area contributed by atoms with Gasteiger partial charge in [0, 0.05) is 6.07 Å². The summed E-state index contributed by atoms with van der Waals surface area (Å²) in [5.74, 6) is -1.59. The Labute approximate surface area is 84.9 Å². The molecule has 1 aromatic heterocycles. The van der Waals surface area contributed by atoms with Gasteiger partial charge in [-0.2, -0.15) is 0 Å². The van der Waals surface area contributed by atoms with Crippen LogP contribution in [0.2, 0.25) is 0 Å². The second-order valence-electron chi connectivity index (χ2n) is 2.63. The van der Waals surface area contributed by atoms with Crippen molar-refractivity contribution in [1.82, 2.24) is 9.97 Å². The van der Waals surface area contributed by atoms with E-state index < -0.39 is 17.2 Å². The molecular formula is C8H3BrF2N2O. The van der Waals surface area contributed by atoms with Crippen molar-refractivity contribution >= 4 is 27.0 Å². The lowest BCUT2D eigenvalue weighted by Crippen LogP contribution is -2.06. The predicted molar refractivity (Wildman–Crippen MR) is 50.0 cm³/mol. The third-order valence-electron chi connectivity index (χ3n) is 1.70. The minimum Gasteiger partial charge on any atom is -0.318 e. The van der Waals surface area contributed by atoms with E-state index in [1.165, 1.54) is 0 Å². The van der Waals surface area contributed by atoms with E-state index in [0.717, 1.165) is 6.20 Å². The molecule has 0 aliphatic rings. The van der Waals surface area contributed by atoms with Gasteiger partial charge in [0.2, 0.25) is 0 Å². The number of H-pyrrole nitrogens is 1. The number of aromatic amines is 1. The summed E-state index contributed by atoms with van der Waals surface area (Å²) in [7, 11) is 0. The molecule has 0 saturated carbocycles. The standard InChI is InChI=1S/C8H3BrF2N2O/c9-6-3(10)1-4(11)7-8(6)13-5(14)2-12-7/h1-2H,(H,13,14). The van der Waals surface area contributed by atoms with Crippen LogP contribution in [0.25, 0.3) is 11.0 Å². The van der Waals surface area contributed by atoms with Crippen LogP contribution < -0.4 is 5.56 Å². The summed E-state index contributed by atoms with van der Waals surface area (Å²) in [4.78, 5) is 16.7. The van der Waals surface area contributed by atoms with Gasteiger partial charge in [-0.1, -0.05) is 0 Å². The molecule has 1 N–H and O–H groups in total. The van der Waals surface area contributed by atoms with E-state index in [0.29, 0.717) is 6.07 Å². The molecule has 0 spiro atoms. The van der Waals surface area contributed by atoms with Gasteiger partial charge in [-0.05, 0) is 15.9 Å². The number of hydrogen-bond acceptors (Lipinski definition) is 2. The van der Waals surface area contributed by atoms with Crippen LogP contribution in [-0.2, 0) is 0 Å². The van der Waals surface area contributed by atoms with Crippen molar-refractivity contribution in [1.29, 1.82) is 0 Å². The van der Waals surface area contributed by atoms with Crippen molar-refractivity contribution in [3.8, 4) is 0 Å². The van der Waals surface area contributed by atoms with Gasteiger partial charge in [0.05, 0.1) is 16.2 Å². The van der Waals surface area contributed by atoms with Crippen molar-refractivity contribution in [2.24, 2.45) is 0 Å². The molecule has 0 bridgehead atoms. The molecule has 1 heterocycles. The zero-order valence-corrected chi connectivity index (χ0v) is 8.23. The first-order valence-corrected chi connectivity index (χ1v) is 4.41.